The number of nitrogens with one attached hydrogen (secondary N) is 1. The fraction of sp³-hybridized carbons (Fsp3) is 0.235. The van der Waals surface area contributed by atoms with Gasteiger partial charge in [0.2, 0.25) is 0 Å². The summed E-state index contributed by atoms with van der Waals surface area (Å²) in [6.07, 6.45) is 0. The maximum Gasteiger partial charge on any atom is 0.258 e. The van der Waals surface area contributed by atoms with E-state index in [1.54, 1.807) is 18.2 Å². The van der Waals surface area contributed by atoms with Crippen molar-refractivity contribution in [3.63, 3.8) is 0 Å². The van der Waals surface area contributed by atoms with Crippen molar-refractivity contribution in [2.75, 3.05) is 6.61 Å². The van der Waals surface area contributed by atoms with E-state index in [-0.39, 0.29) is 25.2 Å². The Morgan fingerprint density at radius 2 is 2.00 bits per heavy atom. The SMILES string of the molecule is C[C@@H](NC(=O)COc1ccc(Br)cc1CO)c1ccccc1. The molecule has 0 bridgehead atoms. The smallest absolute Gasteiger partial charge is 0.258 e. The Bertz CT molecular complexity index is 631. The summed E-state index contributed by atoms with van der Waals surface area (Å²) >= 11 is 3.33. The largest absolute Gasteiger partial charge is 0.483 e. The number of halogens is 1. The lowest BCUT2D eigenvalue weighted by molar-refractivity contribution is -0.123. The van der Waals surface area contributed by atoms with Crippen molar-refractivity contribution in [1.82, 2.24) is 5.32 Å². The Balaban J connectivity index is 1.90. The first-order valence-electron chi connectivity index (χ1n) is 6.96. The van der Waals surface area contributed by atoms with Crippen LogP contribution in [0.4, 0.5) is 0 Å². The van der Waals surface area contributed by atoms with Crippen LogP contribution in [0.2, 0.25) is 0 Å². The first-order valence-corrected chi connectivity index (χ1v) is 7.76. The average molecular weight is 364 g/mol. The molecule has 1 atom stereocenters. The molecule has 0 saturated heterocycles. The molecule has 22 heavy (non-hydrogen) atoms. The number of ether oxygens (including phenoxy) is 1. The summed E-state index contributed by atoms with van der Waals surface area (Å²) in [6, 6.07) is 14.9. The molecular weight excluding hydrogens is 346 g/mol. The van der Waals surface area contributed by atoms with E-state index in [0.717, 1.165) is 10.0 Å². The van der Waals surface area contributed by atoms with E-state index in [4.69, 9.17) is 4.74 Å². The van der Waals surface area contributed by atoms with Crippen molar-refractivity contribution >= 4 is 21.8 Å². The summed E-state index contributed by atoms with van der Waals surface area (Å²) in [5.74, 6) is 0.302. The van der Waals surface area contributed by atoms with Gasteiger partial charge in [-0.05, 0) is 30.7 Å². The third-order valence-electron chi connectivity index (χ3n) is 3.23. The van der Waals surface area contributed by atoms with Gasteiger partial charge in [0.15, 0.2) is 6.61 Å². The summed E-state index contributed by atoms with van der Waals surface area (Å²) in [6.45, 7) is 1.69. The lowest BCUT2D eigenvalue weighted by Gasteiger charge is -2.15. The van der Waals surface area contributed by atoms with Gasteiger partial charge in [-0.25, -0.2) is 0 Å². The van der Waals surface area contributed by atoms with Crippen LogP contribution in [0, 0.1) is 0 Å². The maximum atomic E-state index is 12.0. The summed E-state index contributed by atoms with van der Waals surface area (Å²) in [7, 11) is 0. The quantitative estimate of drug-likeness (QED) is 0.828. The molecule has 1 amide bonds. The number of aliphatic hydroxyl groups excluding tert-OH is 1. The maximum absolute atomic E-state index is 12.0. The second-order valence-electron chi connectivity index (χ2n) is 4.90. The molecule has 0 radical (unpaired) electrons. The van der Waals surface area contributed by atoms with Gasteiger partial charge < -0.3 is 15.2 Å². The number of carbonyl (C=O) groups excluding carboxylic acids is 1. The molecular formula is C17H18BrNO3. The highest BCUT2D eigenvalue weighted by Crippen LogP contribution is 2.23. The highest BCUT2D eigenvalue weighted by atomic mass is 79.9. The molecule has 2 N–H and O–H groups in total. The van der Waals surface area contributed by atoms with Crippen LogP contribution in [0.15, 0.2) is 53.0 Å². The van der Waals surface area contributed by atoms with Crippen molar-refractivity contribution in [2.24, 2.45) is 0 Å². The van der Waals surface area contributed by atoms with Gasteiger partial charge in [-0.2, -0.15) is 0 Å². The zero-order valence-corrected chi connectivity index (χ0v) is 13.8. The molecule has 0 fully saturated rings. The van der Waals surface area contributed by atoms with Gasteiger partial charge in [0.1, 0.15) is 5.75 Å². The Hall–Kier alpha value is -1.85. The molecule has 0 aliphatic heterocycles. The van der Waals surface area contributed by atoms with Crippen molar-refractivity contribution in [1.29, 1.82) is 0 Å². The summed E-state index contributed by atoms with van der Waals surface area (Å²) in [5, 5.41) is 12.2. The molecule has 116 valence electrons. The first-order chi connectivity index (χ1) is 10.6. The van der Waals surface area contributed by atoms with Crippen LogP contribution in [0.1, 0.15) is 24.1 Å². The van der Waals surface area contributed by atoms with Crippen LogP contribution in [0.5, 0.6) is 5.75 Å². The van der Waals surface area contributed by atoms with Gasteiger partial charge in [0, 0.05) is 10.0 Å². The van der Waals surface area contributed by atoms with Crippen molar-refractivity contribution in [3.8, 4) is 5.75 Å². The van der Waals surface area contributed by atoms with E-state index in [0.29, 0.717) is 11.3 Å². The number of aliphatic hydroxyl groups is 1. The van der Waals surface area contributed by atoms with E-state index < -0.39 is 0 Å². The van der Waals surface area contributed by atoms with Gasteiger partial charge in [-0.15, -0.1) is 0 Å². The fourth-order valence-corrected chi connectivity index (χ4v) is 2.47. The Kier molecular flexibility index (Phi) is 5.98. The summed E-state index contributed by atoms with van der Waals surface area (Å²) in [4.78, 5) is 12.0. The minimum Gasteiger partial charge on any atom is -0.483 e. The monoisotopic (exact) mass is 363 g/mol. The van der Waals surface area contributed by atoms with E-state index in [1.165, 1.54) is 0 Å². The molecule has 2 aromatic rings. The van der Waals surface area contributed by atoms with Gasteiger partial charge in [0.25, 0.3) is 5.91 Å². The second kappa shape index (κ2) is 7.96. The molecule has 4 nitrogen and oxygen atoms in total. The molecule has 0 aromatic heterocycles. The Labute approximate surface area is 138 Å². The molecule has 2 rings (SSSR count). The zero-order chi connectivity index (χ0) is 15.9. The van der Waals surface area contributed by atoms with Crippen molar-refractivity contribution in [2.45, 2.75) is 19.6 Å². The third kappa shape index (κ3) is 4.58. The summed E-state index contributed by atoms with van der Waals surface area (Å²) < 4.78 is 6.34. The summed E-state index contributed by atoms with van der Waals surface area (Å²) in [5.41, 5.74) is 1.67. The number of hydrogen-bond donors (Lipinski definition) is 2. The first kappa shape index (κ1) is 16.5. The van der Waals surface area contributed by atoms with Crippen molar-refractivity contribution < 1.29 is 14.6 Å². The number of benzene rings is 2. The van der Waals surface area contributed by atoms with E-state index in [1.807, 2.05) is 37.3 Å². The number of amides is 1. The standard InChI is InChI=1S/C17H18BrNO3/c1-12(13-5-3-2-4-6-13)19-17(21)11-22-16-8-7-15(18)9-14(16)10-20/h2-9,12,20H,10-11H2,1H3,(H,19,21)/t12-/m1/s1. The van der Waals surface area contributed by atoms with E-state index in [2.05, 4.69) is 21.2 Å². The number of hydrogen-bond acceptors (Lipinski definition) is 3. The molecule has 0 aliphatic carbocycles. The van der Waals surface area contributed by atoms with Gasteiger partial charge in [0.05, 0.1) is 12.6 Å². The molecule has 0 aliphatic rings. The predicted octanol–water partition coefficient (Wildman–Crippen LogP) is 3.20. The van der Waals surface area contributed by atoms with Crippen LogP contribution in [0.25, 0.3) is 0 Å². The third-order valence-corrected chi connectivity index (χ3v) is 3.72. The van der Waals surface area contributed by atoms with Crippen LogP contribution >= 0.6 is 15.9 Å². The topological polar surface area (TPSA) is 58.6 Å². The average Bonchev–Trinajstić information content (AvgIpc) is 2.54. The van der Waals surface area contributed by atoms with Gasteiger partial charge in [-0.1, -0.05) is 46.3 Å². The lowest BCUT2D eigenvalue weighted by atomic mass is 10.1. The minimum absolute atomic E-state index is 0.0838. The Morgan fingerprint density at radius 3 is 2.68 bits per heavy atom. The number of rotatable bonds is 6. The molecule has 0 unspecified atom stereocenters. The van der Waals surface area contributed by atoms with Crippen LogP contribution in [0.3, 0.4) is 0 Å². The predicted molar refractivity (Wildman–Crippen MR) is 88.6 cm³/mol. The van der Waals surface area contributed by atoms with Crippen LogP contribution in [-0.2, 0) is 11.4 Å². The fourth-order valence-electron chi connectivity index (χ4n) is 2.06. The molecule has 5 heteroatoms. The highest BCUT2D eigenvalue weighted by Gasteiger charge is 2.11. The van der Waals surface area contributed by atoms with Crippen LogP contribution < -0.4 is 10.1 Å². The number of carbonyl (C=O) groups is 1. The van der Waals surface area contributed by atoms with Gasteiger partial charge >= 0.3 is 0 Å². The molecule has 0 spiro atoms. The highest BCUT2D eigenvalue weighted by molar-refractivity contribution is 9.10. The molecule has 0 saturated carbocycles. The van der Waals surface area contributed by atoms with E-state index >= 15 is 0 Å². The van der Waals surface area contributed by atoms with E-state index in [9.17, 15) is 9.90 Å². The second-order valence-corrected chi connectivity index (χ2v) is 5.81. The van der Waals surface area contributed by atoms with Gasteiger partial charge in [-0.3, -0.25) is 4.79 Å². The lowest BCUT2D eigenvalue weighted by Crippen LogP contribution is -2.31. The zero-order valence-electron chi connectivity index (χ0n) is 12.3. The molecule has 0 heterocycles. The minimum atomic E-state index is -0.205. The normalized spacial score (nSPS) is 11.8. The Morgan fingerprint density at radius 1 is 1.27 bits per heavy atom. The van der Waals surface area contributed by atoms with Crippen LogP contribution in [-0.4, -0.2) is 17.6 Å². The van der Waals surface area contributed by atoms with Crippen molar-refractivity contribution in [3.05, 3.63) is 64.1 Å². The molecule has 2 aromatic carbocycles.